The quantitative estimate of drug-likeness (QED) is 0.782. The van der Waals surface area contributed by atoms with Crippen LogP contribution >= 0.6 is 23.4 Å². The van der Waals surface area contributed by atoms with Crippen molar-refractivity contribution in [2.45, 2.75) is 17.4 Å². The van der Waals surface area contributed by atoms with Crippen LogP contribution in [0.3, 0.4) is 0 Å². The molecule has 0 aliphatic carbocycles. The van der Waals surface area contributed by atoms with Crippen molar-refractivity contribution in [2.75, 3.05) is 12.8 Å². The van der Waals surface area contributed by atoms with Crippen molar-refractivity contribution in [1.29, 1.82) is 0 Å². The molecule has 0 aliphatic rings. The first-order valence-electron chi connectivity index (χ1n) is 6.59. The van der Waals surface area contributed by atoms with Gasteiger partial charge >= 0.3 is 0 Å². The summed E-state index contributed by atoms with van der Waals surface area (Å²) in [6, 6.07) is 11.3. The number of hydrogen-bond donors (Lipinski definition) is 1. The molecule has 1 N–H and O–H groups in total. The molecule has 21 heavy (non-hydrogen) atoms. The lowest BCUT2D eigenvalue weighted by atomic mass is 10.1. The highest BCUT2D eigenvalue weighted by molar-refractivity contribution is 7.99. The van der Waals surface area contributed by atoms with Gasteiger partial charge in [0.05, 0.1) is 0 Å². The van der Waals surface area contributed by atoms with Gasteiger partial charge in [-0.05, 0) is 37.7 Å². The molecule has 2 aromatic carbocycles. The molecule has 0 heterocycles. The molecular formula is C16H16ClF2NS. The summed E-state index contributed by atoms with van der Waals surface area (Å²) in [6.45, 7) is 0. The summed E-state index contributed by atoms with van der Waals surface area (Å²) in [5.74, 6) is 0.0853. The first-order chi connectivity index (χ1) is 10.1. The molecular weight excluding hydrogens is 312 g/mol. The van der Waals surface area contributed by atoms with E-state index >= 15 is 0 Å². The van der Waals surface area contributed by atoms with Crippen molar-refractivity contribution in [3.8, 4) is 0 Å². The maximum Gasteiger partial charge on any atom is 0.136 e. The van der Waals surface area contributed by atoms with Crippen molar-refractivity contribution >= 4 is 23.4 Å². The van der Waals surface area contributed by atoms with Crippen molar-refractivity contribution in [3.05, 3.63) is 64.7 Å². The van der Waals surface area contributed by atoms with E-state index in [4.69, 9.17) is 11.6 Å². The number of nitrogens with one attached hydrogen (secondary N) is 1. The van der Waals surface area contributed by atoms with Crippen LogP contribution in [-0.2, 0) is 6.42 Å². The molecule has 2 rings (SSSR count). The van der Waals surface area contributed by atoms with Crippen molar-refractivity contribution < 1.29 is 8.78 Å². The highest BCUT2D eigenvalue weighted by Crippen LogP contribution is 2.25. The number of halogens is 3. The van der Waals surface area contributed by atoms with E-state index in [1.165, 1.54) is 23.9 Å². The maximum absolute atomic E-state index is 13.8. The molecule has 0 bridgehead atoms. The molecule has 0 saturated heterocycles. The van der Waals surface area contributed by atoms with Crippen LogP contribution in [0.15, 0.2) is 47.4 Å². The molecule has 0 aromatic heterocycles. The summed E-state index contributed by atoms with van der Waals surface area (Å²) in [4.78, 5) is 0.595. The Morgan fingerprint density at radius 1 is 1.10 bits per heavy atom. The van der Waals surface area contributed by atoms with E-state index in [0.29, 0.717) is 27.7 Å². The smallest absolute Gasteiger partial charge is 0.136 e. The van der Waals surface area contributed by atoms with Crippen LogP contribution in [0.5, 0.6) is 0 Å². The summed E-state index contributed by atoms with van der Waals surface area (Å²) in [7, 11) is 1.81. The first-order valence-corrected chi connectivity index (χ1v) is 7.95. The fourth-order valence-electron chi connectivity index (χ4n) is 1.97. The van der Waals surface area contributed by atoms with Crippen LogP contribution in [0.4, 0.5) is 8.78 Å². The minimum absolute atomic E-state index is 0.00371. The molecule has 0 amide bonds. The molecule has 0 spiro atoms. The summed E-state index contributed by atoms with van der Waals surface area (Å²) in [5.41, 5.74) is 0.493. The van der Waals surface area contributed by atoms with Gasteiger partial charge in [-0.2, -0.15) is 0 Å². The van der Waals surface area contributed by atoms with Gasteiger partial charge in [-0.25, -0.2) is 8.78 Å². The zero-order valence-corrected chi connectivity index (χ0v) is 13.1. The average molecular weight is 328 g/mol. The Morgan fingerprint density at radius 3 is 2.48 bits per heavy atom. The first kappa shape index (κ1) is 16.3. The van der Waals surface area contributed by atoms with E-state index in [-0.39, 0.29) is 17.7 Å². The van der Waals surface area contributed by atoms with Crippen molar-refractivity contribution in [2.24, 2.45) is 0 Å². The van der Waals surface area contributed by atoms with E-state index in [9.17, 15) is 8.78 Å². The fourth-order valence-corrected chi connectivity index (χ4v) is 3.26. The molecule has 0 fully saturated rings. The molecule has 0 aliphatic heterocycles. The van der Waals surface area contributed by atoms with Gasteiger partial charge in [-0.15, -0.1) is 11.8 Å². The Bertz CT molecular complexity index is 586. The zero-order valence-electron chi connectivity index (χ0n) is 11.6. The van der Waals surface area contributed by atoms with Gasteiger partial charge in [-0.1, -0.05) is 29.8 Å². The van der Waals surface area contributed by atoms with Crippen LogP contribution in [-0.4, -0.2) is 18.8 Å². The predicted octanol–water partition coefficient (Wildman–Crippen LogP) is 4.54. The number of likely N-dealkylation sites (N-methyl/N-ethyl adjacent to an activating group) is 1. The fraction of sp³-hybridized carbons (Fsp3) is 0.250. The van der Waals surface area contributed by atoms with Crippen LogP contribution < -0.4 is 5.32 Å². The highest BCUT2D eigenvalue weighted by Gasteiger charge is 2.14. The second kappa shape index (κ2) is 7.78. The SMILES string of the molecule is CNC(CSc1ccccc1F)Cc1c(F)cccc1Cl. The van der Waals surface area contributed by atoms with Crippen LogP contribution in [0.2, 0.25) is 5.02 Å². The number of hydrogen-bond acceptors (Lipinski definition) is 2. The Morgan fingerprint density at radius 2 is 1.81 bits per heavy atom. The zero-order chi connectivity index (χ0) is 15.2. The van der Waals surface area contributed by atoms with E-state index in [0.717, 1.165) is 0 Å². The van der Waals surface area contributed by atoms with Crippen LogP contribution in [0.25, 0.3) is 0 Å². The van der Waals surface area contributed by atoms with Crippen molar-refractivity contribution in [3.63, 3.8) is 0 Å². The molecule has 1 unspecified atom stereocenters. The number of rotatable bonds is 6. The van der Waals surface area contributed by atoms with Gasteiger partial charge in [-0.3, -0.25) is 0 Å². The second-order valence-corrected chi connectivity index (χ2v) is 6.10. The molecule has 1 nitrogen and oxygen atoms in total. The van der Waals surface area contributed by atoms with Gasteiger partial charge in [0.2, 0.25) is 0 Å². The van der Waals surface area contributed by atoms with E-state index in [2.05, 4.69) is 5.32 Å². The van der Waals surface area contributed by atoms with Gasteiger partial charge in [0.25, 0.3) is 0 Å². The van der Waals surface area contributed by atoms with Gasteiger partial charge < -0.3 is 5.32 Å². The Labute approximate surface area is 132 Å². The lowest BCUT2D eigenvalue weighted by Crippen LogP contribution is -2.30. The minimum atomic E-state index is -0.307. The minimum Gasteiger partial charge on any atom is -0.316 e. The second-order valence-electron chi connectivity index (χ2n) is 4.63. The lowest BCUT2D eigenvalue weighted by Gasteiger charge is -2.17. The largest absolute Gasteiger partial charge is 0.316 e. The van der Waals surface area contributed by atoms with Gasteiger partial charge in [0.1, 0.15) is 11.6 Å². The Hall–Kier alpha value is -1.10. The predicted molar refractivity (Wildman–Crippen MR) is 85.1 cm³/mol. The Balaban J connectivity index is 2.02. The van der Waals surface area contributed by atoms with Crippen molar-refractivity contribution in [1.82, 2.24) is 5.32 Å². The summed E-state index contributed by atoms with van der Waals surface area (Å²) in [5, 5.41) is 3.55. The van der Waals surface area contributed by atoms with Gasteiger partial charge in [0.15, 0.2) is 0 Å². The number of benzene rings is 2. The lowest BCUT2D eigenvalue weighted by molar-refractivity contribution is 0.567. The third-order valence-electron chi connectivity index (χ3n) is 3.20. The normalized spacial score (nSPS) is 12.4. The molecule has 0 saturated carbocycles. The Kier molecular flexibility index (Phi) is 6.03. The molecule has 112 valence electrons. The summed E-state index contributed by atoms with van der Waals surface area (Å²) < 4.78 is 27.4. The number of thioether (sulfide) groups is 1. The average Bonchev–Trinajstić information content (AvgIpc) is 2.48. The third-order valence-corrected chi connectivity index (χ3v) is 4.76. The summed E-state index contributed by atoms with van der Waals surface area (Å²) >= 11 is 7.45. The van der Waals surface area contributed by atoms with E-state index < -0.39 is 0 Å². The van der Waals surface area contributed by atoms with E-state index in [1.54, 1.807) is 37.4 Å². The molecule has 5 heteroatoms. The molecule has 1 atom stereocenters. The van der Waals surface area contributed by atoms with Crippen LogP contribution in [0, 0.1) is 11.6 Å². The van der Waals surface area contributed by atoms with Gasteiger partial charge in [0, 0.05) is 27.3 Å². The molecule has 0 radical (unpaired) electrons. The summed E-state index contributed by atoms with van der Waals surface area (Å²) in [6.07, 6.45) is 0.462. The topological polar surface area (TPSA) is 12.0 Å². The monoisotopic (exact) mass is 327 g/mol. The molecule has 2 aromatic rings. The highest BCUT2D eigenvalue weighted by atomic mass is 35.5. The van der Waals surface area contributed by atoms with E-state index in [1.807, 2.05) is 0 Å². The third kappa shape index (κ3) is 4.43. The standard InChI is InChI=1S/C16H16ClF2NS/c1-20-11(9-12-13(17)5-4-7-14(12)18)10-21-16-8-3-2-6-15(16)19/h2-8,11,20H,9-10H2,1H3. The maximum atomic E-state index is 13.8. The van der Waals surface area contributed by atoms with Crippen LogP contribution in [0.1, 0.15) is 5.56 Å².